The molecule has 0 heterocycles. The van der Waals surface area contributed by atoms with Gasteiger partial charge in [0.15, 0.2) is 0 Å². The molecule has 0 amide bonds. The second-order valence-electron chi connectivity index (χ2n) is 1.09. The molecule has 4 heteroatoms. The first-order valence-corrected chi connectivity index (χ1v) is 2.74. The fraction of sp³-hybridized carbons (Fsp3) is 1.00. The zero-order valence-electron chi connectivity index (χ0n) is 5.50. The maximum Gasteiger partial charge on any atom is 0.391 e. The minimum Gasteiger partial charge on any atom is -0.396 e. The molecule has 0 aromatic carbocycles. The number of halogens is 3. The Morgan fingerprint density at radius 1 is 1.22 bits per heavy atom. The predicted octanol–water partition coefficient (Wildman–Crippen LogP) is 1.96. The van der Waals surface area contributed by atoms with E-state index in [-0.39, 0.29) is 0 Å². The van der Waals surface area contributed by atoms with Crippen LogP contribution in [0, 0.1) is 0 Å². The van der Waals surface area contributed by atoms with Gasteiger partial charge in [-0.2, -0.15) is 13.2 Å². The third kappa shape index (κ3) is 18.2. The van der Waals surface area contributed by atoms with Crippen LogP contribution >= 0.6 is 0 Å². The van der Waals surface area contributed by atoms with E-state index in [0.717, 1.165) is 0 Å². The summed E-state index contributed by atoms with van der Waals surface area (Å²) in [7, 11) is 0. The van der Waals surface area contributed by atoms with E-state index in [1.807, 2.05) is 13.8 Å². The molecule has 0 saturated carbocycles. The van der Waals surface area contributed by atoms with Gasteiger partial charge in [0.05, 0.1) is 13.0 Å². The molecule has 0 aromatic rings. The lowest BCUT2D eigenvalue weighted by Crippen LogP contribution is -2.08. The topological polar surface area (TPSA) is 20.2 Å². The van der Waals surface area contributed by atoms with Crippen molar-refractivity contribution in [3.05, 3.63) is 0 Å². The molecule has 0 aliphatic carbocycles. The van der Waals surface area contributed by atoms with Crippen molar-refractivity contribution in [2.45, 2.75) is 26.4 Å². The molecule has 0 saturated heterocycles. The minimum atomic E-state index is -4.20. The molecule has 0 atom stereocenters. The number of alkyl halides is 3. The molecule has 0 radical (unpaired) electrons. The van der Waals surface area contributed by atoms with Gasteiger partial charge < -0.3 is 5.11 Å². The van der Waals surface area contributed by atoms with Crippen LogP contribution in [0.2, 0.25) is 0 Å². The second-order valence-corrected chi connectivity index (χ2v) is 1.09. The summed E-state index contributed by atoms with van der Waals surface area (Å²) in [5.74, 6) is 0. The van der Waals surface area contributed by atoms with E-state index in [4.69, 9.17) is 5.11 Å². The Balaban J connectivity index is 0. The van der Waals surface area contributed by atoms with E-state index in [1.165, 1.54) is 0 Å². The van der Waals surface area contributed by atoms with Gasteiger partial charge in [-0.3, -0.25) is 0 Å². The maximum atomic E-state index is 10.9. The Morgan fingerprint density at radius 3 is 1.56 bits per heavy atom. The molecule has 0 spiro atoms. The van der Waals surface area contributed by atoms with Crippen LogP contribution in [-0.2, 0) is 0 Å². The van der Waals surface area contributed by atoms with Gasteiger partial charge in [0.25, 0.3) is 0 Å². The molecule has 0 aliphatic heterocycles. The fourth-order valence-corrected chi connectivity index (χ4v) is 0.127. The smallest absolute Gasteiger partial charge is 0.391 e. The largest absolute Gasteiger partial charge is 0.396 e. The van der Waals surface area contributed by atoms with Gasteiger partial charge in [0.2, 0.25) is 0 Å². The molecule has 9 heavy (non-hydrogen) atoms. The van der Waals surface area contributed by atoms with Crippen molar-refractivity contribution >= 4 is 0 Å². The number of hydrogen-bond acceptors (Lipinski definition) is 1. The monoisotopic (exact) mass is 144 g/mol. The Bertz CT molecular complexity index is 50.7. The highest BCUT2D eigenvalue weighted by Crippen LogP contribution is 2.17. The molecular weight excluding hydrogens is 133 g/mol. The number of aliphatic hydroxyl groups excluding tert-OH is 1. The van der Waals surface area contributed by atoms with Crippen LogP contribution in [0.15, 0.2) is 0 Å². The Labute approximate surface area is 52.5 Å². The van der Waals surface area contributed by atoms with E-state index in [2.05, 4.69) is 0 Å². The number of hydrogen-bond donors (Lipinski definition) is 1. The first kappa shape index (κ1) is 11.5. The third-order valence-electron chi connectivity index (χ3n) is 0.395. The average molecular weight is 144 g/mol. The van der Waals surface area contributed by atoms with Crippen LogP contribution < -0.4 is 0 Å². The quantitative estimate of drug-likeness (QED) is 0.596. The summed E-state index contributed by atoms with van der Waals surface area (Å²) in [5, 5.41) is 7.68. The summed E-state index contributed by atoms with van der Waals surface area (Å²) in [6.45, 7) is 3.18. The summed E-state index contributed by atoms with van der Waals surface area (Å²) in [6.07, 6.45) is -5.30. The normalized spacial score (nSPS) is 10.0. The first-order chi connectivity index (χ1) is 4.06. The average Bonchev–Trinajstić information content (AvgIpc) is 1.69. The SMILES string of the molecule is CC.OCCC(F)(F)F. The lowest BCUT2D eigenvalue weighted by atomic mass is 10.5. The van der Waals surface area contributed by atoms with Gasteiger partial charge >= 0.3 is 6.18 Å². The number of aliphatic hydroxyl groups is 1. The van der Waals surface area contributed by atoms with Crippen LogP contribution in [-0.4, -0.2) is 17.9 Å². The maximum absolute atomic E-state index is 10.9. The molecule has 58 valence electrons. The van der Waals surface area contributed by atoms with Gasteiger partial charge in [-0.05, 0) is 0 Å². The molecule has 0 rings (SSSR count). The molecule has 1 N–H and O–H groups in total. The number of rotatable bonds is 1. The minimum absolute atomic E-state index is 0.816. The molecule has 0 fully saturated rings. The lowest BCUT2D eigenvalue weighted by molar-refractivity contribution is -0.141. The van der Waals surface area contributed by atoms with E-state index in [0.29, 0.717) is 0 Å². The zero-order chi connectivity index (χ0) is 7.91. The van der Waals surface area contributed by atoms with Crippen molar-refractivity contribution in [2.24, 2.45) is 0 Å². The Kier molecular flexibility index (Phi) is 7.53. The Morgan fingerprint density at radius 2 is 1.56 bits per heavy atom. The molecule has 1 nitrogen and oxygen atoms in total. The highest BCUT2D eigenvalue weighted by atomic mass is 19.4. The predicted molar refractivity (Wildman–Crippen MR) is 29.1 cm³/mol. The highest BCUT2D eigenvalue weighted by molar-refractivity contribution is 4.44. The third-order valence-corrected chi connectivity index (χ3v) is 0.395. The van der Waals surface area contributed by atoms with Crippen molar-refractivity contribution < 1.29 is 18.3 Å². The van der Waals surface area contributed by atoms with E-state index < -0.39 is 19.2 Å². The van der Waals surface area contributed by atoms with Crippen molar-refractivity contribution in [3.8, 4) is 0 Å². The summed E-state index contributed by atoms with van der Waals surface area (Å²) >= 11 is 0. The van der Waals surface area contributed by atoms with Gasteiger partial charge in [0.1, 0.15) is 0 Å². The van der Waals surface area contributed by atoms with Crippen LogP contribution in [0.3, 0.4) is 0 Å². The van der Waals surface area contributed by atoms with Crippen LogP contribution in [0.4, 0.5) is 13.2 Å². The zero-order valence-corrected chi connectivity index (χ0v) is 5.50. The van der Waals surface area contributed by atoms with Gasteiger partial charge in [-0.1, -0.05) is 13.8 Å². The summed E-state index contributed by atoms with van der Waals surface area (Å²) in [5.41, 5.74) is 0. The van der Waals surface area contributed by atoms with Crippen molar-refractivity contribution in [1.29, 1.82) is 0 Å². The fourth-order valence-electron chi connectivity index (χ4n) is 0.127. The van der Waals surface area contributed by atoms with E-state index in [1.54, 1.807) is 0 Å². The van der Waals surface area contributed by atoms with Crippen LogP contribution in [0.25, 0.3) is 0 Å². The Hall–Kier alpha value is -0.250. The summed E-state index contributed by atoms with van der Waals surface area (Å²) < 4.78 is 32.7. The molecular formula is C5H11F3O. The van der Waals surface area contributed by atoms with E-state index >= 15 is 0 Å². The van der Waals surface area contributed by atoms with E-state index in [9.17, 15) is 13.2 Å². The van der Waals surface area contributed by atoms with Gasteiger partial charge in [-0.25, -0.2) is 0 Å². The first-order valence-electron chi connectivity index (χ1n) is 2.74. The molecule has 0 unspecified atom stereocenters. The lowest BCUT2D eigenvalue weighted by Gasteiger charge is -1.99. The second kappa shape index (κ2) is 5.88. The van der Waals surface area contributed by atoms with Crippen LogP contribution in [0.1, 0.15) is 20.3 Å². The van der Waals surface area contributed by atoms with Crippen molar-refractivity contribution in [3.63, 3.8) is 0 Å². The van der Waals surface area contributed by atoms with Crippen molar-refractivity contribution in [2.75, 3.05) is 6.61 Å². The van der Waals surface area contributed by atoms with Gasteiger partial charge in [-0.15, -0.1) is 0 Å². The molecule has 0 aliphatic rings. The summed E-state index contributed by atoms with van der Waals surface area (Å²) in [6, 6.07) is 0. The van der Waals surface area contributed by atoms with Crippen LogP contribution in [0.5, 0.6) is 0 Å². The highest BCUT2D eigenvalue weighted by Gasteiger charge is 2.25. The van der Waals surface area contributed by atoms with Gasteiger partial charge in [0, 0.05) is 0 Å². The van der Waals surface area contributed by atoms with Crippen molar-refractivity contribution in [1.82, 2.24) is 0 Å². The molecule has 0 bridgehead atoms. The molecule has 0 aromatic heterocycles. The summed E-state index contributed by atoms with van der Waals surface area (Å²) in [4.78, 5) is 0. The standard InChI is InChI=1S/C3H5F3O.C2H6/c4-3(5,6)1-2-7;1-2/h7H,1-2H2;1-2H3.